The van der Waals surface area contributed by atoms with Gasteiger partial charge in [-0.25, -0.2) is 0 Å². The maximum absolute atomic E-state index is 11.5. The molecule has 0 saturated carbocycles. The average Bonchev–Trinajstić information content (AvgIpc) is 2.23. The van der Waals surface area contributed by atoms with E-state index in [0.717, 1.165) is 25.7 Å². The molecule has 0 bridgehead atoms. The second-order valence-electron chi connectivity index (χ2n) is 4.00. The van der Waals surface area contributed by atoms with Crippen LogP contribution >= 0.6 is 0 Å². The van der Waals surface area contributed by atoms with Gasteiger partial charge in [-0.2, -0.15) is 0 Å². The van der Waals surface area contributed by atoms with Gasteiger partial charge in [-0.1, -0.05) is 26.7 Å². The van der Waals surface area contributed by atoms with Crippen molar-refractivity contribution in [1.29, 1.82) is 0 Å². The van der Waals surface area contributed by atoms with E-state index in [1.807, 2.05) is 6.92 Å². The molecule has 94 valence electrons. The average molecular weight is 228 g/mol. The van der Waals surface area contributed by atoms with Gasteiger partial charge in [0, 0.05) is 20.0 Å². The Labute approximate surface area is 98.4 Å². The summed E-state index contributed by atoms with van der Waals surface area (Å²) >= 11 is 0. The summed E-state index contributed by atoms with van der Waals surface area (Å²) in [4.78, 5) is 24.3. The minimum absolute atomic E-state index is 0.0365. The van der Waals surface area contributed by atoms with Crippen molar-refractivity contribution >= 4 is 11.8 Å². The zero-order valence-corrected chi connectivity index (χ0v) is 10.7. The zero-order chi connectivity index (χ0) is 12.4. The molecule has 0 radical (unpaired) electrons. The van der Waals surface area contributed by atoms with Gasteiger partial charge in [0.05, 0.1) is 6.54 Å². The van der Waals surface area contributed by atoms with Gasteiger partial charge < -0.3 is 10.2 Å². The normalized spacial score (nSPS) is 9.94. The van der Waals surface area contributed by atoms with E-state index in [1.165, 1.54) is 6.92 Å². The minimum Gasteiger partial charge on any atom is -0.355 e. The van der Waals surface area contributed by atoms with Crippen LogP contribution in [0.5, 0.6) is 0 Å². The highest BCUT2D eigenvalue weighted by atomic mass is 16.2. The third-order valence-electron chi connectivity index (χ3n) is 2.38. The highest BCUT2D eigenvalue weighted by Gasteiger charge is 2.11. The molecule has 0 aliphatic carbocycles. The van der Waals surface area contributed by atoms with Gasteiger partial charge in [-0.15, -0.1) is 0 Å². The van der Waals surface area contributed by atoms with Crippen molar-refractivity contribution in [2.75, 3.05) is 19.6 Å². The number of nitrogens with zero attached hydrogens (tertiary/aromatic N) is 1. The number of hydrogen-bond acceptors (Lipinski definition) is 2. The van der Waals surface area contributed by atoms with Gasteiger partial charge in [0.15, 0.2) is 0 Å². The van der Waals surface area contributed by atoms with Crippen LogP contribution in [0.1, 0.15) is 46.5 Å². The first kappa shape index (κ1) is 14.9. The predicted molar refractivity (Wildman–Crippen MR) is 65.1 cm³/mol. The van der Waals surface area contributed by atoms with Crippen molar-refractivity contribution < 1.29 is 9.59 Å². The third-order valence-corrected chi connectivity index (χ3v) is 2.38. The van der Waals surface area contributed by atoms with Gasteiger partial charge in [-0.05, 0) is 12.8 Å². The van der Waals surface area contributed by atoms with Gasteiger partial charge in [0.1, 0.15) is 0 Å². The molecule has 0 heterocycles. The van der Waals surface area contributed by atoms with E-state index in [-0.39, 0.29) is 18.4 Å². The first-order valence-electron chi connectivity index (χ1n) is 6.14. The second kappa shape index (κ2) is 9.19. The first-order chi connectivity index (χ1) is 7.61. The Morgan fingerprint density at radius 3 is 2.31 bits per heavy atom. The fraction of sp³-hybridized carbons (Fsp3) is 0.833. The lowest BCUT2D eigenvalue weighted by atomic mass is 10.2. The summed E-state index contributed by atoms with van der Waals surface area (Å²) in [5.41, 5.74) is 0. The standard InChI is InChI=1S/C12H24N2O2/c1-4-6-7-8-13-12(16)10-14(9-5-2)11(3)15/h4-10H2,1-3H3,(H,13,16). The predicted octanol–water partition coefficient (Wildman–Crippen LogP) is 1.55. The van der Waals surface area contributed by atoms with Crippen LogP contribution in [0.15, 0.2) is 0 Å². The second-order valence-corrected chi connectivity index (χ2v) is 4.00. The molecule has 1 N–H and O–H groups in total. The summed E-state index contributed by atoms with van der Waals surface area (Å²) < 4.78 is 0. The molecule has 0 aromatic heterocycles. The van der Waals surface area contributed by atoms with E-state index < -0.39 is 0 Å². The quantitative estimate of drug-likeness (QED) is 0.641. The summed E-state index contributed by atoms with van der Waals surface area (Å²) in [6.45, 7) is 7.17. The van der Waals surface area contributed by atoms with Gasteiger partial charge >= 0.3 is 0 Å². The molecule has 0 aliphatic heterocycles. The summed E-state index contributed by atoms with van der Waals surface area (Å²) in [6, 6.07) is 0. The fourth-order valence-corrected chi connectivity index (χ4v) is 1.45. The molecule has 0 fully saturated rings. The van der Waals surface area contributed by atoms with Crippen molar-refractivity contribution in [1.82, 2.24) is 10.2 Å². The van der Waals surface area contributed by atoms with E-state index in [2.05, 4.69) is 12.2 Å². The molecule has 0 spiro atoms. The number of unbranched alkanes of at least 4 members (excludes halogenated alkanes) is 2. The van der Waals surface area contributed by atoms with Gasteiger partial charge in [0.25, 0.3) is 0 Å². The Kier molecular flexibility index (Phi) is 8.58. The molecule has 0 atom stereocenters. The van der Waals surface area contributed by atoms with E-state index in [9.17, 15) is 9.59 Å². The van der Waals surface area contributed by atoms with Crippen LogP contribution in [0.25, 0.3) is 0 Å². The maximum Gasteiger partial charge on any atom is 0.239 e. The number of rotatable bonds is 8. The summed E-state index contributed by atoms with van der Waals surface area (Å²) in [6.07, 6.45) is 4.16. The SMILES string of the molecule is CCCCCNC(=O)CN(CCC)C(C)=O. The van der Waals surface area contributed by atoms with Crippen molar-refractivity contribution in [3.05, 3.63) is 0 Å². The largest absolute Gasteiger partial charge is 0.355 e. The number of amides is 2. The van der Waals surface area contributed by atoms with Crippen molar-refractivity contribution in [2.45, 2.75) is 46.5 Å². The summed E-state index contributed by atoms with van der Waals surface area (Å²) in [5.74, 6) is -0.0923. The van der Waals surface area contributed by atoms with E-state index >= 15 is 0 Å². The number of nitrogens with one attached hydrogen (secondary N) is 1. The molecule has 0 saturated heterocycles. The van der Waals surface area contributed by atoms with E-state index in [4.69, 9.17) is 0 Å². The molecular weight excluding hydrogens is 204 g/mol. The molecule has 4 heteroatoms. The Bertz CT molecular complexity index is 217. The van der Waals surface area contributed by atoms with Crippen LogP contribution in [-0.4, -0.2) is 36.3 Å². The molecule has 0 aromatic rings. The lowest BCUT2D eigenvalue weighted by molar-refractivity contribution is -0.134. The van der Waals surface area contributed by atoms with E-state index in [1.54, 1.807) is 4.90 Å². The summed E-state index contributed by atoms with van der Waals surface area (Å²) in [5, 5.41) is 2.83. The highest BCUT2D eigenvalue weighted by Crippen LogP contribution is 1.94. The number of carbonyl (C=O) groups is 2. The third kappa shape index (κ3) is 7.26. The minimum atomic E-state index is -0.0558. The Morgan fingerprint density at radius 2 is 1.81 bits per heavy atom. The molecule has 0 unspecified atom stereocenters. The molecule has 0 rings (SSSR count). The van der Waals surface area contributed by atoms with Gasteiger partial charge in [-0.3, -0.25) is 9.59 Å². The van der Waals surface area contributed by atoms with Gasteiger partial charge in [0.2, 0.25) is 11.8 Å². The lowest BCUT2D eigenvalue weighted by Crippen LogP contribution is -2.40. The zero-order valence-electron chi connectivity index (χ0n) is 10.7. The topological polar surface area (TPSA) is 49.4 Å². The lowest BCUT2D eigenvalue weighted by Gasteiger charge is -2.19. The van der Waals surface area contributed by atoms with Crippen LogP contribution < -0.4 is 5.32 Å². The Morgan fingerprint density at radius 1 is 1.12 bits per heavy atom. The molecule has 0 aliphatic rings. The molecule has 2 amide bonds. The van der Waals surface area contributed by atoms with Crippen LogP contribution in [0.3, 0.4) is 0 Å². The smallest absolute Gasteiger partial charge is 0.239 e. The highest BCUT2D eigenvalue weighted by molar-refractivity contribution is 5.83. The molecule has 16 heavy (non-hydrogen) atoms. The Balaban J connectivity index is 3.77. The summed E-state index contributed by atoms with van der Waals surface area (Å²) in [7, 11) is 0. The van der Waals surface area contributed by atoms with Crippen LogP contribution in [0.2, 0.25) is 0 Å². The van der Waals surface area contributed by atoms with Crippen molar-refractivity contribution in [2.24, 2.45) is 0 Å². The Hall–Kier alpha value is -1.06. The number of carbonyl (C=O) groups excluding carboxylic acids is 2. The molecule has 4 nitrogen and oxygen atoms in total. The van der Waals surface area contributed by atoms with E-state index in [0.29, 0.717) is 13.1 Å². The fourth-order valence-electron chi connectivity index (χ4n) is 1.45. The van der Waals surface area contributed by atoms with Crippen LogP contribution in [0.4, 0.5) is 0 Å². The first-order valence-corrected chi connectivity index (χ1v) is 6.14. The van der Waals surface area contributed by atoms with Crippen LogP contribution in [0, 0.1) is 0 Å². The molecule has 0 aromatic carbocycles. The molecular formula is C12H24N2O2. The van der Waals surface area contributed by atoms with Crippen molar-refractivity contribution in [3.8, 4) is 0 Å². The number of hydrogen-bond donors (Lipinski definition) is 1. The maximum atomic E-state index is 11.5. The van der Waals surface area contributed by atoms with Crippen molar-refractivity contribution in [3.63, 3.8) is 0 Å². The van der Waals surface area contributed by atoms with Crippen LogP contribution in [-0.2, 0) is 9.59 Å². The monoisotopic (exact) mass is 228 g/mol.